The van der Waals surface area contributed by atoms with Gasteiger partial charge in [0, 0.05) is 5.56 Å². The van der Waals surface area contributed by atoms with Crippen LogP contribution in [0.15, 0.2) is 45.7 Å². The van der Waals surface area contributed by atoms with Crippen molar-refractivity contribution in [2.75, 3.05) is 0 Å². The van der Waals surface area contributed by atoms with E-state index in [2.05, 4.69) is 20.7 Å². The summed E-state index contributed by atoms with van der Waals surface area (Å²) in [6.45, 7) is 0.266. The fourth-order valence-corrected chi connectivity index (χ4v) is 1.76. The van der Waals surface area contributed by atoms with Gasteiger partial charge in [-0.3, -0.25) is 0 Å². The minimum Gasteiger partial charge on any atom is -0.489 e. The van der Waals surface area contributed by atoms with Gasteiger partial charge >= 0.3 is 6.36 Å². The van der Waals surface area contributed by atoms with E-state index in [1.165, 1.54) is 30.7 Å². The third-order valence-electron chi connectivity index (χ3n) is 2.11. The first-order chi connectivity index (χ1) is 8.94. The third kappa shape index (κ3) is 4.20. The first kappa shape index (κ1) is 13.8. The molecule has 0 atom stereocenters. The summed E-state index contributed by atoms with van der Waals surface area (Å²) in [5, 5.41) is 0. The van der Waals surface area contributed by atoms with E-state index >= 15 is 0 Å². The molecule has 0 aliphatic carbocycles. The molecule has 3 nitrogen and oxygen atoms in total. The third-order valence-corrected chi connectivity index (χ3v) is 2.73. The summed E-state index contributed by atoms with van der Waals surface area (Å²) in [5.74, 6) is 0.103. The Morgan fingerprint density at radius 1 is 1.21 bits per heavy atom. The molecular weight excluding hydrogens is 329 g/mol. The molecule has 0 saturated carbocycles. The summed E-state index contributed by atoms with van der Waals surface area (Å²) in [4.78, 5) is 0. The Morgan fingerprint density at radius 3 is 2.58 bits per heavy atom. The first-order valence-electron chi connectivity index (χ1n) is 5.13. The summed E-state index contributed by atoms with van der Waals surface area (Å²) < 4.78 is 50.5. The van der Waals surface area contributed by atoms with Crippen molar-refractivity contribution in [1.82, 2.24) is 0 Å². The molecule has 0 bridgehead atoms. The quantitative estimate of drug-likeness (QED) is 0.822. The second-order valence-electron chi connectivity index (χ2n) is 3.56. The van der Waals surface area contributed by atoms with Crippen LogP contribution in [0.3, 0.4) is 0 Å². The van der Waals surface area contributed by atoms with E-state index in [4.69, 9.17) is 9.15 Å². The molecule has 0 radical (unpaired) electrons. The van der Waals surface area contributed by atoms with Crippen molar-refractivity contribution < 1.29 is 27.1 Å². The maximum atomic E-state index is 12.1. The molecule has 0 N–H and O–H groups in total. The predicted octanol–water partition coefficient (Wildman–Crippen LogP) is 4.52. The van der Waals surface area contributed by atoms with Crippen molar-refractivity contribution in [1.29, 1.82) is 0 Å². The minimum absolute atomic E-state index is 0.162. The molecule has 2 rings (SSSR count). The highest BCUT2D eigenvalue weighted by Crippen LogP contribution is 2.33. The molecule has 1 heterocycles. The van der Waals surface area contributed by atoms with Gasteiger partial charge in [-0.2, -0.15) is 0 Å². The van der Waals surface area contributed by atoms with Crippen LogP contribution < -0.4 is 9.47 Å². The number of hydrogen-bond acceptors (Lipinski definition) is 3. The highest BCUT2D eigenvalue weighted by molar-refractivity contribution is 9.10. The van der Waals surface area contributed by atoms with Crippen LogP contribution in [0, 0.1) is 0 Å². The molecule has 19 heavy (non-hydrogen) atoms. The van der Waals surface area contributed by atoms with Crippen molar-refractivity contribution >= 4 is 15.9 Å². The Morgan fingerprint density at radius 2 is 2.00 bits per heavy atom. The van der Waals surface area contributed by atoms with Gasteiger partial charge in [-0.05, 0) is 40.2 Å². The predicted molar refractivity (Wildman–Crippen MR) is 63.9 cm³/mol. The fourth-order valence-electron chi connectivity index (χ4n) is 1.32. The molecule has 0 unspecified atom stereocenters. The molecule has 1 aromatic heterocycles. The lowest BCUT2D eigenvalue weighted by atomic mass is 10.3. The Bertz CT molecular complexity index is 538. The van der Waals surface area contributed by atoms with Gasteiger partial charge in [0.05, 0.1) is 17.0 Å². The minimum atomic E-state index is -4.72. The summed E-state index contributed by atoms with van der Waals surface area (Å²) in [7, 11) is 0. The van der Waals surface area contributed by atoms with Crippen LogP contribution in [0.4, 0.5) is 13.2 Å². The van der Waals surface area contributed by atoms with Crippen molar-refractivity contribution in [2.45, 2.75) is 13.0 Å². The van der Waals surface area contributed by atoms with Crippen LogP contribution >= 0.6 is 15.9 Å². The lowest BCUT2D eigenvalue weighted by Crippen LogP contribution is -2.17. The van der Waals surface area contributed by atoms with Gasteiger partial charge < -0.3 is 13.9 Å². The number of halogens is 4. The fraction of sp³-hybridized carbons (Fsp3) is 0.167. The normalized spacial score (nSPS) is 11.4. The van der Waals surface area contributed by atoms with Gasteiger partial charge in [-0.1, -0.05) is 0 Å². The zero-order valence-corrected chi connectivity index (χ0v) is 11.0. The molecule has 0 spiro atoms. The lowest BCUT2D eigenvalue weighted by molar-refractivity contribution is -0.274. The molecule has 0 aliphatic rings. The standard InChI is InChI=1S/C12H8BrF3O3/c13-10-5-9(18-7-8-3-4-17-6-8)1-2-11(10)19-12(14,15)16/h1-6H,7H2. The zero-order chi connectivity index (χ0) is 13.9. The van der Waals surface area contributed by atoms with Gasteiger partial charge in [0.2, 0.25) is 0 Å². The summed E-state index contributed by atoms with van der Waals surface area (Å²) >= 11 is 3.00. The molecule has 0 amide bonds. The summed E-state index contributed by atoms with van der Waals surface area (Å²) in [6, 6.07) is 5.71. The monoisotopic (exact) mass is 336 g/mol. The second kappa shape index (κ2) is 5.56. The molecule has 7 heteroatoms. The average molecular weight is 337 g/mol. The topological polar surface area (TPSA) is 31.6 Å². The smallest absolute Gasteiger partial charge is 0.489 e. The number of furan rings is 1. The molecule has 2 aromatic rings. The van der Waals surface area contributed by atoms with Crippen LogP contribution in [0.2, 0.25) is 0 Å². The Balaban J connectivity index is 2.02. The second-order valence-corrected chi connectivity index (χ2v) is 4.41. The molecule has 0 fully saturated rings. The van der Waals surface area contributed by atoms with Gasteiger partial charge in [-0.15, -0.1) is 13.2 Å². The van der Waals surface area contributed by atoms with Crippen LogP contribution in [0.1, 0.15) is 5.56 Å². The number of rotatable bonds is 4. The van der Waals surface area contributed by atoms with E-state index < -0.39 is 6.36 Å². The molecule has 0 aliphatic heterocycles. The van der Waals surface area contributed by atoms with E-state index in [-0.39, 0.29) is 16.8 Å². The number of benzene rings is 1. The zero-order valence-electron chi connectivity index (χ0n) is 9.41. The summed E-state index contributed by atoms with van der Waals surface area (Å²) in [6.07, 6.45) is -1.69. The van der Waals surface area contributed by atoms with Crippen LogP contribution in [-0.2, 0) is 6.61 Å². The van der Waals surface area contributed by atoms with Gasteiger partial charge in [-0.25, -0.2) is 0 Å². The van der Waals surface area contributed by atoms with Crippen molar-refractivity contribution in [2.24, 2.45) is 0 Å². The Kier molecular flexibility index (Phi) is 4.04. The van der Waals surface area contributed by atoms with E-state index in [1.807, 2.05) is 0 Å². The summed E-state index contributed by atoms with van der Waals surface area (Å²) in [5.41, 5.74) is 0.826. The van der Waals surface area contributed by atoms with Crippen LogP contribution in [0.5, 0.6) is 11.5 Å². The van der Waals surface area contributed by atoms with E-state index in [0.717, 1.165) is 5.56 Å². The number of alkyl halides is 3. The lowest BCUT2D eigenvalue weighted by Gasteiger charge is -2.11. The molecule has 102 valence electrons. The van der Waals surface area contributed by atoms with Crippen molar-refractivity contribution in [3.8, 4) is 11.5 Å². The molecular formula is C12H8BrF3O3. The molecule has 1 aromatic carbocycles. The SMILES string of the molecule is FC(F)(F)Oc1ccc(OCc2ccoc2)cc1Br. The van der Waals surface area contributed by atoms with Crippen molar-refractivity contribution in [3.63, 3.8) is 0 Å². The van der Waals surface area contributed by atoms with Gasteiger partial charge in [0.1, 0.15) is 18.1 Å². The highest BCUT2D eigenvalue weighted by atomic mass is 79.9. The average Bonchev–Trinajstić information content (AvgIpc) is 2.81. The maximum Gasteiger partial charge on any atom is 0.573 e. The number of ether oxygens (including phenoxy) is 2. The van der Waals surface area contributed by atoms with E-state index in [0.29, 0.717) is 5.75 Å². The maximum absolute atomic E-state index is 12.1. The first-order valence-corrected chi connectivity index (χ1v) is 5.92. The van der Waals surface area contributed by atoms with E-state index in [1.54, 1.807) is 6.07 Å². The van der Waals surface area contributed by atoms with E-state index in [9.17, 15) is 13.2 Å². The van der Waals surface area contributed by atoms with Gasteiger partial charge in [0.15, 0.2) is 0 Å². The largest absolute Gasteiger partial charge is 0.573 e. The van der Waals surface area contributed by atoms with Crippen LogP contribution in [-0.4, -0.2) is 6.36 Å². The Hall–Kier alpha value is -1.63. The van der Waals surface area contributed by atoms with Gasteiger partial charge in [0.25, 0.3) is 0 Å². The van der Waals surface area contributed by atoms with Crippen molar-refractivity contribution in [3.05, 3.63) is 46.8 Å². The van der Waals surface area contributed by atoms with Crippen LogP contribution in [0.25, 0.3) is 0 Å². The highest BCUT2D eigenvalue weighted by Gasteiger charge is 2.31. The molecule has 0 saturated heterocycles. The number of hydrogen-bond donors (Lipinski definition) is 0. The Labute approximate surface area is 115 Å².